The molecule has 15 heavy (non-hydrogen) atoms. The number of nitrogens with two attached hydrogens (primary N) is 1. The smallest absolute Gasteiger partial charge is 0.273 e. The van der Waals surface area contributed by atoms with Crippen LogP contribution in [0.25, 0.3) is 5.69 Å². The summed E-state index contributed by atoms with van der Waals surface area (Å²) in [7, 11) is 0. The van der Waals surface area contributed by atoms with Gasteiger partial charge in [-0.3, -0.25) is 9.89 Å². The topological polar surface area (TPSA) is 63.8 Å². The van der Waals surface area contributed by atoms with E-state index < -0.39 is 0 Å². The molecule has 1 aromatic carbocycles. The number of hydrogen-bond donors (Lipinski definition) is 2. The van der Waals surface area contributed by atoms with Gasteiger partial charge in [0.25, 0.3) is 5.56 Å². The van der Waals surface area contributed by atoms with Gasteiger partial charge in [0, 0.05) is 16.1 Å². The largest absolute Gasteiger partial charge is 0.384 e. The Morgan fingerprint density at radius 3 is 2.20 bits per heavy atom. The lowest BCUT2D eigenvalue weighted by molar-refractivity contribution is 0.854. The van der Waals surface area contributed by atoms with E-state index in [1.807, 2.05) is 0 Å². The van der Waals surface area contributed by atoms with Crippen LogP contribution in [0.5, 0.6) is 0 Å². The zero-order valence-corrected chi connectivity index (χ0v) is 9.01. The van der Waals surface area contributed by atoms with Crippen LogP contribution < -0.4 is 11.3 Å². The van der Waals surface area contributed by atoms with E-state index in [1.165, 1.54) is 10.7 Å². The predicted molar refractivity (Wildman–Crippen MR) is 60.8 cm³/mol. The van der Waals surface area contributed by atoms with Crippen molar-refractivity contribution < 1.29 is 0 Å². The molecule has 0 aliphatic carbocycles. The molecule has 2 aromatic rings. The number of H-pyrrole nitrogens is 1. The van der Waals surface area contributed by atoms with Gasteiger partial charge in [-0.05, 0) is 18.2 Å². The Morgan fingerprint density at radius 2 is 1.73 bits per heavy atom. The molecule has 1 heterocycles. The van der Waals surface area contributed by atoms with E-state index >= 15 is 0 Å². The summed E-state index contributed by atoms with van der Waals surface area (Å²) in [5, 5.41) is 3.59. The molecule has 0 aliphatic rings. The lowest BCUT2D eigenvalue weighted by Gasteiger charge is -2.02. The number of nitrogen functional groups attached to an aromatic ring is 1. The van der Waals surface area contributed by atoms with Gasteiger partial charge in [-0.15, -0.1) is 0 Å². The highest BCUT2D eigenvalue weighted by Crippen LogP contribution is 2.20. The summed E-state index contributed by atoms with van der Waals surface area (Å²) in [6.07, 6.45) is 0. The van der Waals surface area contributed by atoms with Crippen LogP contribution in [-0.2, 0) is 0 Å². The first-order chi connectivity index (χ1) is 7.06. The second-order valence-electron chi connectivity index (χ2n) is 3.01. The van der Waals surface area contributed by atoms with Crippen LogP contribution >= 0.6 is 23.2 Å². The van der Waals surface area contributed by atoms with E-state index in [-0.39, 0.29) is 11.4 Å². The number of halogens is 2. The molecule has 6 heteroatoms. The first-order valence-corrected chi connectivity index (χ1v) is 4.86. The van der Waals surface area contributed by atoms with Crippen molar-refractivity contribution in [2.24, 2.45) is 0 Å². The Morgan fingerprint density at radius 1 is 1.13 bits per heavy atom. The number of anilines is 1. The molecule has 0 aliphatic heterocycles. The Hall–Kier alpha value is -1.39. The van der Waals surface area contributed by atoms with Crippen LogP contribution in [-0.4, -0.2) is 9.78 Å². The predicted octanol–water partition coefficient (Wildman–Crippen LogP) is 2.05. The molecular formula is C9H7Cl2N3O. The van der Waals surface area contributed by atoms with E-state index in [9.17, 15) is 4.79 Å². The standard InChI is InChI=1S/C9H7Cl2N3O/c10-5-1-6(11)3-7(2-5)14-9(15)4-8(12)13-14/h1-4,13H,12H2. The quantitative estimate of drug-likeness (QED) is 0.806. The Bertz CT molecular complexity index is 538. The Labute approximate surface area is 95.2 Å². The van der Waals surface area contributed by atoms with Gasteiger partial charge in [0.15, 0.2) is 0 Å². The summed E-state index contributed by atoms with van der Waals surface area (Å²) in [5.41, 5.74) is 5.74. The van der Waals surface area contributed by atoms with Gasteiger partial charge >= 0.3 is 0 Å². The average Bonchev–Trinajstić information content (AvgIpc) is 2.43. The van der Waals surface area contributed by atoms with Crippen LogP contribution in [0.1, 0.15) is 0 Å². The molecule has 1 aromatic heterocycles. The van der Waals surface area contributed by atoms with Crippen molar-refractivity contribution in [3.05, 3.63) is 44.7 Å². The average molecular weight is 244 g/mol. The van der Waals surface area contributed by atoms with Crippen molar-refractivity contribution in [1.82, 2.24) is 9.78 Å². The lowest BCUT2D eigenvalue weighted by Crippen LogP contribution is -2.13. The molecule has 0 fully saturated rings. The Balaban J connectivity index is 2.63. The van der Waals surface area contributed by atoms with Gasteiger partial charge in [0.05, 0.1) is 5.69 Å². The fourth-order valence-electron chi connectivity index (χ4n) is 1.27. The minimum atomic E-state index is -0.258. The van der Waals surface area contributed by atoms with Crippen LogP contribution in [0.2, 0.25) is 10.0 Å². The van der Waals surface area contributed by atoms with E-state index in [4.69, 9.17) is 28.9 Å². The van der Waals surface area contributed by atoms with E-state index in [0.717, 1.165) is 0 Å². The van der Waals surface area contributed by atoms with Gasteiger partial charge in [-0.25, -0.2) is 4.68 Å². The number of hydrogen-bond acceptors (Lipinski definition) is 2. The number of aromatic nitrogens is 2. The Kier molecular flexibility index (Phi) is 2.46. The summed E-state index contributed by atoms with van der Waals surface area (Å²) in [4.78, 5) is 11.4. The molecule has 0 amide bonds. The van der Waals surface area contributed by atoms with Gasteiger partial charge < -0.3 is 5.73 Å². The monoisotopic (exact) mass is 243 g/mol. The van der Waals surface area contributed by atoms with Gasteiger partial charge in [0.2, 0.25) is 0 Å². The first-order valence-electron chi connectivity index (χ1n) is 4.10. The third-order valence-electron chi connectivity index (χ3n) is 1.85. The zero-order chi connectivity index (χ0) is 11.0. The summed E-state index contributed by atoms with van der Waals surface area (Å²) >= 11 is 11.6. The highest BCUT2D eigenvalue weighted by molar-refractivity contribution is 6.34. The molecule has 0 atom stereocenters. The van der Waals surface area contributed by atoms with Crippen molar-refractivity contribution in [3.8, 4) is 5.69 Å². The maximum atomic E-state index is 11.4. The molecule has 3 N–H and O–H groups in total. The highest BCUT2D eigenvalue weighted by atomic mass is 35.5. The minimum absolute atomic E-state index is 0.258. The maximum absolute atomic E-state index is 11.4. The fourth-order valence-corrected chi connectivity index (χ4v) is 1.79. The number of aromatic amines is 1. The summed E-state index contributed by atoms with van der Waals surface area (Å²) in [6.45, 7) is 0. The molecule has 0 radical (unpaired) electrons. The molecule has 0 saturated heterocycles. The fraction of sp³-hybridized carbons (Fsp3) is 0. The third-order valence-corrected chi connectivity index (χ3v) is 2.28. The number of nitrogens with zero attached hydrogens (tertiary/aromatic N) is 1. The molecule has 0 bridgehead atoms. The summed E-state index contributed by atoms with van der Waals surface area (Å²) in [5.74, 6) is 0.288. The van der Waals surface area contributed by atoms with Crippen molar-refractivity contribution in [2.45, 2.75) is 0 Å². The van der Waals surface area contributed by atoms with Crippen LogP contribution in [0.3, 0.4) is 0 Å². The number of nitrogens with one attached hydrogen (secondary N) is 1. The van der Waals surface area contributed by atoms with E-state index in [0.29, 0.717) is 15.7 Å². The molecule has 4 nitrogen and oxygen atoms in total. The summed E-state index contributed by atoms with van der Waals surface area (Å²) < 4.78 is 1.27. The molecule has 0 saturated carbocycles. The van der Waals surface area contributed by atoms with Crippen molar-refractivity contribution in [3.63, 3.8) is 0 Å². The molecule has 2 rings (SSSR count). The molecule has 0 unspecified atom stereocenters. The number of benzene rings is 1. The highest BCUT2D eigenvalue weighted by Gasteiger charge is 2.04. The molecular weight excluding hydrogens is 237 g/mol. The zero-order valence-electron chi connectivity index (χ0n) is 7.50. The maximum Gasteiger partial charge on any atom is 0.273 e. The van der Waals surface area contributed by atoms with Crippen molar-refractivity contribution in [1.29, 1.82) is 0 Å². The first kappa shape index (κ1) is 10.1. The van der Waals surface area contributed by atoms with Crippen molar-refractivity contribution in [2.75, 3.05) is 5.73 Å². The van der Waals surface area contributed by atoms with Gasteiger partial charge in [-0.2, -0.15) is 0 Å². The summed E-state index contributed by atoms with van der Waals surface area (Å²) in [6, 6.07) is 6.11. The third kappa shape index (κ3) is 2.00. The minimum Gasteiger partial charge on any atom is -0.384 e. The molecule has 0 spiro atoms. The van der Waals surface area contributed by atoms with Crippen LogP contribution in [0, 0.1) is 0 Å². The number of rotatable bonds is 1. The van der Waals surface area contributed by atoms with Crippen LogP contribution in [0.4, 0.5) is 5.82 Å². The van der Waals surface area contributed by atoms with E-state index in [2.05, 4.69) is 5.10 Å². The van der Waals surface area contributed by atoms with Crippen LogP contribution in [0.15, 0.2) is 29.1 Å². The van der Waals surface area contributed by atoms with Gasteiger partial charge in [0.1, 0.15) is 5.82 Å². The molecule has 78 valence electrons. The second kappa shape index (κ2) is 3.64. The second-order valence-corrected chi connectivity index (χ2v) is 3.89. The lowest BCUT2D eigenvalue weighted by atomic mass is 10.3. The normalized spacial score (nSPS) is 10.5. The van der Waals surface area contributed by atoms with E-state index in [1.54, 1.807) is 18.2 Å². The van der Waals surface area contributed by atoms with Crippen molar-refractivity contribution >= 4 is 29.0 Å². The SMILES string of the molecule is Nc1cc(=O)n(-c2cc(Cl)cc(Cl)c2)[nH]1. The van der Waals surface area contributed by atoms with Gasteiger partial charge in [-0.1, -0.05) is 23.2 Å².